The zero-order valence-corrected chi connectivity index (χ0v) is 12.3. The molecule has 5 heteroatoms. The molecule has 0 amide bonds. The Labute approximate surface area is 120 Å². The number of likely N-dealkylation sites (tertiary alicyclic amines) is 1. The molecule has 1 fully saturated rings. The largest absolute Gasteiger partial charge is 0.494 e. The third-order valence-corrected chi connectivity index (χ3v) is 3.73. The second-order valence-electron chi connectivity index (χ2n) is 5.57. The molecule has 1 aromatic rings. The van der Waals surface area contributed by atoms with Crippen molar-refractivity contribution in [3.05, 3.63) is 17.9 Å². The Kier molecular flexibility index (Phi) is 5.06. The normalized spacial score (nSPS) is 17.1. The fourth-order valence-electron chi connectivity index (χ4n) is 2.63. The summed E-state index contributed by atoms with van der Waals surface area (Å²) in [6.07, 6.45) is 2.62. The number of hydrogen-bond donors (Lipinski definition) is 2. The molecule has 1 aliphatic heterocycles. The van der Waals surface area contributed by atoms with Gasteiger partial charge in [0.25, 0.3) is 0 Å². The van der Waals surface area contributed by atoms with Crippen molar-refractivity contribution >= 4 is 11.4 Å². The van der Waals surface area contributed by atoms with E-state index in [1.807, 2.05) is 0 Å². The summed E-state index contributed by atoms with van der Waals surface area (Å²) >= 11 is 0. The zero-order valence-electron chi connectivity index (χ0n) is 12.3. The summed E-state index contributed by atoms with van der Waals surface area (Å²) in [5.41, 5.74) is 6.97. The Morgan fingerprint density at radius 2 is 2.10 bits per heavy atom. The molecule has 0 saturated carbocycles. The molecular weight excluding hydrogens is 257 g/mol. The Morgan fingerprint density at radius 1 is 1.40 bits per heavy atom. The quantitative estimate of drug-likeness (QED) is 0.787. The van der Waals surface area contributed by atoms with E-state index < -0.39 is 5.82 Å². The van der Waals surface area contributed by atoms with E-state index >= 15 is 0 Å². The molecule has 20 heavy (non-hydrogen) atoms. The average molecular weight is 281 g/mol. The van der Waals surface area contributed by atoms with Gasteiger partial charge in [0.15, 0.2) is 11.6 Å². The molecule has 4 nitrogen and oxygen atoms in total. The number of benzene rings is 1. The van der Waals surface area contributed by atoms with Gasteiger partial charge in [0, 0.05) is 25.2 Å². The summed E-state index contributed by atoms with van der Waals surface area (Å²) in [6, 6.07) is 2.92. The minimum atomic E-state index is -0.430. The van der Waals surface area contributed by atoms with Crippen molar-refractivity contribution < 1.29 is 9.13 Å². The summed E-state index contributed by atoms with van der Waals surface area (Å²) in [5.74, 6) is 0.304. The van der Waals surface area contributed by atoms with Gasteiger partial charge >= 0.3 is 0 Å². The van der Waals surface area contributed by atoms with E-state index in [9.17, 15) is 4.39 Å². The van der Waals surface area contributed by atoms with Crippen molar-refractivity contribution in [3.63, 3.8) is 0 Å². The van der Waals surface area contributed by atoms with Gasteiger partial charge in [-0.05, 0) is 31.8 Å². The van der Waals surface area contributed by atoms with Crippen LogP contribution >= 0.6 is 0 Å². The van der Waals surface area contributed by atoms with Gasteiger partial charge in [-0.2, -0.15) is 0 Å². The maximum atomic E-state index is 13.5. The van der Waals surface area contributed by atoms with E-state index in [1.165, 1.54) is 39.1 Å². The molecule has 1 unspecified atom stereocenters. The molecule has 112 valence electrons. The summed E-state index contributed by atoms with van der Waals surface area (Å²) in [4.78, 5) is 2.49. The van der Waals surface area contributed by atoms with Crippen LogP contribution in [0.1, 0.15) is 19.8 Å². The van der Waals surface area contributed by atoms with Crippen molar-refractivity contribution in [3.8, 4) is 5.75 Å². The van der Waals surface area contributed by atoms with Crippen LogP contribution in [0.3, 0.4) is 0 Å². The number of nitrogen functional groups attached to an aromatic ring is 1. The second kappa shape index (κ2) is 6.79. The van der Waals surface area contributed by atoms with Gasteiger partial charge < -0.3 is 20.7 Å². The Hall–Kier alpha value is -1.49. The molecule has 0 bridgehead atoms. The Bertz CT molecular complexity index is 447. The van der Waals surface area contributed by atoms with Crippen LogP contribution in [-0.2, 0) is 0 Å². The number of anilines is 2. The molecular formula is C15H24FN3O. The number of rotatable bonds is 6. The van der Waals surface area contributed by atoms with Gasteiger partial charge in [0.1, 0.15) is 0 Å². The van der Waals surface area contributed by atoms with Crippen LogP contribution < -0.4 is 15.8 Å². The van der Waals surface area contributed by atoms with E-state index in [0.717, 1.165) is 18.8 Å². The maximum absolute atomic E-state index is 13.5. The third-order valence-electron chi connectivity index (χ3n) is 3.73. The smallest absolute Gasteiger partial charge is 0.167 e. The lowest BCUT2D eigenvalue weighted by Crippen LogP contribution is -2.29. The molecule has 1 aliphatic rings. The van der Waals surface area contributed by atoms with Crippen LogP contribution in [0.4, 0.5) is 15.8 Å². The lowest BCUT2D eigenvalue weighted by Gasteiger charge is -2.21. The standard InChI is InChI=1S/C15H24FN3O/c1-11(10-19-5-3-4-6-19)9-18-14-8-15(20-2)12(16)7-13(14)17/h7-8,11,18H,3-6,9-10,17H2,1-2H3. The van der Waals surface area contributed by atoms with Crippen molar-refractivity contribution in [1.82, 2.24) is 4.90 Å². The second-order valence-corrected chi connectivity index (χ2v) is 5.57. The lowest BCUT2D eigenvalue weighted by molar-refractivity contribution is 0.294. The SMILES string of the molecule is COc1cc(NCC(C)CN2CCCC2)c(N)cc1F. The van der Waals surface area contributed by atoms with E-state index in [1.54, 1.807) is 6.07 Å². The molecule has 0 aliphatic carbocycles. The maximum Gasteiger partial charge on any atom is 0.167 e. The molecule has 3 N–H and O–H groups in total. The van der Waals surface area contributed by atoms with Crippen LogP contribution in [0.2, 0.25) is 0 Å². The molecule has 1 saturated heterocycles. The van der Waals surface area contributed by atoms with Crippen LogP contribution in [0.5, 0.6) is 5.75 Å². The van der Waals surface area contributed by atoms with E-state index in [0.29, 0.717) is 11.6 Å². The summed E-state index contributed by atoms with van der Waals surface area (Å²) in [7, 11) is 1.45. The van der Waals surface area contributed by atoms with Crippen molar-refractivity contribution in [2.75, 3.05) is 44.3 Å². The van der Waals surface area contributed by atoms with Crippen LogP contribution in [0, 0.1) is 11.7 Å². The Balaban J connectivity index is 1.89. The highest BCUT2D eigenvalue weighted by Gasteiger charge is 2.15. The highest BCUT2D eigenvalue weighted by Crippen LogP contribution is 2.28. The zero-order chi connectivity index (χ0) is 14.5. The van der Waals surface area contributed by atoms with Gasteiger partial charge in [0.05, 0.1) is 18.5 Å². The first-order valence-electron chi connectivity index (χ1n) is 7.19. The first-order valence-corrected chi connectivity index (χ1v) is 7.19. The van der Waals surface area contributed by atoms with Gasteiger partial charge in [0.2, 0.25) is 0 Å². The molecule has 0 aromatic heterocycles. The number of methoxy groups -OCH3 is 1. The fraction of sp³-hybridized carbons (Fsp3) is 0.600. The average Bonchev–Trinajstić information content (AvgIpc) is 2.90. The fourth-order valence-corrected chi connectivity index (χ4v) is 2.63. The molecule has 0 radical (unpaired) electrons. The summed E-state index contributed by atoms with van der Waals surface area (Å²) < 4.78 is 18.4. The number of nitrogens with zero attached hydrogens (tertiary/aromatic N) is 1. The highest BCUT2D eigenvalue weighted by molar-refractivity contribution is 5.68. The predicted molar refractivity (Wildman–Crippen MR) is 80.7 cm³/mol. The number of hydrogen-bond acceptors (Lipinski definition) is 4. The molecule has 2 rings (SSSR count). The lowest BCUT2D eigenvalue weighted by atomic mass is 10.1. The number of nitrogens with two attached hydrogens (primary N) is 1. The van der Waals surface area contributed by atoms with Crippen molar-refractivity contribution in [1.29, 1.82) is 0 Å². The van der Waals surface area contributed by atoms with Crippen LogP contribution in [0.15, 0.2) is 12.1 Å². The van der Waals surface area contributed by atoms with Gasteiger partial charge in [-0.25, -0.2) is 4.39 Å². The number of nitrogens with one attached hydrogen (secondary N) is 1. The van der Waals surface area contributed by atoms with E-state index in [2.05, 4.69) is 17.1 Å². The molecule has 1 atom stereocenters. The van der Waals surface area contributed by atoms with Crippen molar-refractivity contribution in [2.24, 2.45) is 5.92 Å². The first-order chi connectivity index (χ1) is 9.60. The molecule has 0 spiro atoms. The van der Waals surface area contributed by atoms with E-state index in [4.69, 9.17) is 10.5 Å². The predicted octanol–water partition coefficient (Wildman–Crippen LogP) is 2.56. The molecule has 1 heterocycles. The third kappa shape index (κ3) is 3.76. The van der Waals surface area contributed by atoms with Gasteiger partial charge in [-0.1, -0.05) is 6.92 Å². The minimum Gasteiger partial charge on any atom is -0.494 e. The number of ether oxygens (including phenoxy) is 1. The highest BCUT2D eigenvalue weighted by atomic mass is 19.1. The van der Waals surface area contributed by atoms with Crippen molar-refractivity contribution in [2.45, 2.75) is 19.8 Å². The Morgan fingerprint density at radius 3 is 2.75 bits per heavy atom. The minimum absolute atomic E-state index is 0.217. The summed E-state index contributed by atoms with van der Waals surface area (Å²) in [6.45, 7) is 6.52. The monoisotopic (exact) mass is 281 g/mol. The topological polar surface area (TPSA) is 50.5 Å². The van der Waals surface area contributed by atoms with Gasteiger partial charge in [-0.3, -0.25) is 0 Å². The summed E-state index contributed by atoms with van der Waals surface area (Å²) in [5, 5.41) is 3.29. The van der Waals surface area contributed by atoms with Gasteiger partial charge in [-0.15, -0.1) is 0 Å². The van der Waals surface area contributed by atoms with Crippen LogP contribution in [-0.4, -0.2) is 38.2 Å². The molecule has 1 aromatic carbocycles. The number of halogens is 1. The van der Waals surface area contributed by atoms with E-state index in [-0.39, 0.29) is 5.75 Å². The van der Waals surface area contributed by atoms with Crippen LogP contribution in [0.25, 0.3) is 0 Å². The first kappa shape index (κ1) is 14.9.